The van der Waals surface area contributed by atoms with Crippen LogP contribution in [0.15, 0.2) is 24.7 Å². The number of hydrogen-bond acceptors (Lipinski definition) is 6. The minimum Gasteiger partial charge on any atom is -0.479 e. The van der Waals surface area contributed by atoms with Crippen molar-refractivity contribution in [1.29, 1.82) is 0 Å². The number of methoxy groups -OCH3 is 1. The van der Waals surface area contributed by atoms with Gasteiger partial charge in [-0.15, -0.1) is 0 Å². The van der Waals surface area contributed by atoms with Crippen molar-refractivity contribution in [3.05, 3.63) is 41.7 Å². The molecule has 2 aliphatic rings. The Labute approximate surface area is 229 Å². The van der Waals surface area contributed by atoms with E-state index >= 15 is 0 Å². The van der Waals surface area contributed by atoms with Gasteiger partial charge in [-0.25, -0.2) is 14.1 Å². The van der Waals surface area contributed by atoms with Gasteiger partial charge in [0, 0.05) is 55.9 Å². The van der Waals surface area contributed by atoms with Gasteiger partial charge >= 0.3 is 0 Å². The number of carbonyl (C=O) groups excluding carboxylic acids is 1. The van der Waals surface area contributed by atoms with Crippen molar-refractivity contribution >= 4 is 5.91 Å². The first-order valence-electron chi connectivity index (χ1n) is 14.3. The first kappa shape index (κ1) is 27.3. The number of fused-ring (bicyclic) bond motifs is 1. The van der Waals surface area contributed by atoms with Crippen molar-refractivity contribution in [3.63, 3.8) is 0 Å². The van der Waals surface area contributed by atoms with E-state index in [2.05, 4.69) is 23.2 Å². The highest BCUT2D eigenvalue weighted by molar-refractivity contribution is 5.76. The van der Waals surface area contributed by atoms with Crippen LogP contribution in [0.2, 0.25) is 0 Å². The molecule has 1 unspecified atom stereocenters. The Hall–Kier alpha value is -3.27. The summed E-state index contributed by atoms with van der Waals surface area (Å²) in [5.74, 6) is 0.419. The summed E-state index contributed by atoms with van der Waals surface area (Å²) in [5, 5.41) is 9.51. The summed E-state index contributed by atoms with van der Waals surface area (Å²) in [4.78, 5) is 18.0. The van der Waals surface area contributed by atoms with Crippen molar-refractivity contribution < 1.29 is 18.7 Å². The molecule has 3 aromatic heterocycles. The Morgan fingerprint density at radius 2 is 1.97 bits per heavy atom. The van der Waals surface area contributed by atoms with Crippen LogP contribution in [-0.4, -0.2) is 68.8 Å². The molecule has 210 valence electrons. The molecule has 0 N–H and O–H groups in total. The Balaban J connectivity index is 1.19. The minimum absolute atomic E-state index is 0.0320. The summed E-state index contributed by atoms with van der Waals surface area (Å²) in [7, 11) is 1.40. The fraction of sp³-hybridized carbons (Fsp3) is 0.586. The van der Waals surface area contributed by atoms with E-state index in [1.165, 1.54) is 32.4 Å². The lowest BCUT2D eigenvalue weighted by molar-refractivity contribution is -0.134. The van der Waals surface area contributed by atoms with Gasteiger partial charge in [0.25, 0.3) is 0 Å². The predicted molar refractivity (Wildman–Crippen MR) is 145 cm³/mol. The summed E-state index contributed by atoms with van der Waals surface area (Å²) in [6.07, 6.45) is 14.6. The smallest absolute Gasteiger partial charge is 0.250 e. The molecule has 1 amide bonds. The summed E-state index contributed by atoms with van der Waals surface area (Å²) in [5.41, 5.74) is 4.53. The van der Waals surface area contributed by atoms with Gasteiger partial charge in [-0.2, -0.15) is 10.2 Å². The topological polar surface area (TPSA) is 87.3 Å². The van der Waals surface area contributed by atoms with E-state index in [1.54, 1.807) is 10.9 Å². The fourth-order valence-electron chi connectivity index (χ4n) is 5.78. The number of aromatic nitrogens is 5. The van der Waals surface area contributed by atoms with Crippen LogP contribution in [0.4, 0.5) is 4.39 Å². The molecule has 1 atom stereocenters. The number of ether oxygens (including phenoxy) is 2. The van der Waals surface area contributed by atoms with Crippen molar-refractivity contribution in [2.75, 3.05) is 33.4 Å². The molecule has 2 aliphatic heterocycles. The average Bonchev–Trinajstić information content (AvgIpc) is 3.48. The number of hydrogen-bond donors (Lipinski definition) is 0. The number of rotatable bonds is 11. The minimum atomic E-state index is -0.518. The SMILES string of the molecule is CCN1CC(CCCCCCn2cc(-c3nn(-c4cnc(OC)c(F)c4)c4c3CCOCC4)cn2)CCC1=O. The number of nitrogens with zero attached hydrogens (tertiary/aromatic N) is 6. The largest absolute Gasteiger partial charge is 0.479 e. The number of carbonyl (C=O) groups is 1. The zero-order valence-corrected chi connectivity index (χ0v) is 23.1. The van der Waals surface area contributed by atoms with Crippen molar-refractivity contribution in [3.8, 4) is 22.8 Å². The van der Waals surface area contributed by atoms with Crippen molar-refractivity contribution in [2.45, 2.75) is 71.3 Å². The molecule has 0 aliphatic carbocycles. The lowest BCUT2D eigenvalue weighted by Gasteiger charge is -2.31. The molecule has 0 aromatic carbocycles. The normalized spacial score (nSPS) is 17.8. The number of amides is 1. The number of pyridine rings is 1. The lowest BCUT2D eigenvalue weighted by Crippen LogP contribution is -2.39. The molecular weight excluding hydrogens is 499 g/mol. The van der Waals surface area contributed by atoms with Gasteiger partial charge in [0.05, 0.1) is 49.8 Å². The molecule has 5 rings (SSSR count). The first-order chi connectivity index (χ1) is 19.1. The van der Waals surface area contributed by atoms with E-state index in [4.69, 9.17) is 14.6 Å². The van der Waals surface area contributed by atoms with Crippen molar-refractivity contribution in [2.24, 2.45) is 5.92 Å². The molecule has 0 saturated carbocycles. The molecule has 1 saturated heterocycles. The third-order valence-corrected chi connectivity index (χ3v) is 7.94. The second kappa shape index (κ2) is 12.7. The fourth-order valence-corrected chi connectivity index (χ4v) is 5.78. The van der Waals surface area contributed by atoms with E-state index in [1.807, 2.05) is 15.8 Å². The quantitative estimate of drug-likeness (QED) is 0.332. The van der Waals surface area contributed by atoms with E-state index in [0.717, 1.165) is 67.8 Å². The van der Waals surface area contributed by atoms with Crippen LogP contribution in [-0.2, 0) is 28.9 Å². The van der Waals surface area contributed by atoms with Gasteiger partial charge in [0.15, 0.2) is 5.82 Å². The van der Waals surface area contributed by atoms with Crippen LogP contribution in [0, 0.1) is 11.7 Å². The van der Waals surface area contributed by atoms with E-state index in [-0.39, 0.29) is 5.88 Å². The molecule has 0 bridgehead atoms. The lowest BCUT2D eigenvalue weighted by atomic mass is 9.92. The zero-order valence-electron chi connectivity index (χ0n) is 23.1. The van der Waals surface area contributed by atoms with Crippen molar-refractivity contribution in [1.82, 2.24) is 29.4 Å². The van der Waals surface area contributed by atoms with Crippen LogP contribution >= 0.6 is 0 Å². The monoisotopic (exact) mass is 538 g/mol. The number of piperidine rings is 1. The predicted octanol–water partition coefficient (Wildman–Crippen LogP) is 4.60. The standard InChI is InChI=1S/C29H39FN6O3/c1-3-34-19-21(9-10-27(34)37)8-6-4-5-7-13-35-20-22(17-32-35)28-24-11-14-39-15-12-26(24)36(33-28)23-16-25(30)29(38-2)31-18-23/h16-18,20-21H,3-15,19H2,1-2H3. The molecule has 39 heavy (non-hydrogen) atoms. The number of halogens is 1. The van der Waals surface area contributed by atoms with Gasteiger partial charge in [-0.3, -0.25) is 9.48 Å². The first-order valence-corrected chi connectivity index (χ1v) is 14.3. The Morgan fingerprint density at radius 1 is 1.13 bits per heavy atom. The molecule has 5 heterocycles. The molecule has 0 radical (unpaired) electrons. The molecular formula is C29H39FN6O3. The summed E-state index contributed by atoms with van der Waals surface area (Å²) < 4.78 is 28.9. The van der Waals surface area contributed by atoms with Gasteiger partial charge in [-0.05, 0) is 38.5 Å². The molecule has 9 nitrogen and oxygen atoms in total. The van der Waals surface area contributed by atoms with E-state index in [9.17, 15) is 9.18 Å². The summed E-state index contributed by atoms with van der Waals surface area (Å²) in [6.45, 7) is 5.91. The molecule has 3 aromatic rings. The van der Waals surface area contributed by atoms with Crippen LogP contribution < -0.4 is 4.74 Å². The summed E-state index contributed by atoms with van der Waals surface area (Å²) >= 11 is 0. The van der Waals surface area contributed by atoms with Crippen LogP contribution in [0.5, 0.6) is 5.88 Å². The maximum absolute atomic E-state index is 14.4. The van der Waals surface area contributed by atoms with Gasteiger partial charge < -0.3 is 14.4 Å². The number of aryl methyl sites for hydroxylation is 1. The Morgan fingerprint density at radius 3 is 2.79 bits per heavy atom. The number of unbranched alkanes of at least 4 members (excludes halogenated alkanes) is 3. The van der Waals surface area contributed by atoms with Gasteiger partial charge in [-0.1, -0.05) is 19.3 Å². The second-order valence-electron chi connectivity index (χ2n) is 10.5. The van der Waals surface area contributed by atoms with E-state index in [0.29, 0.717) is 43.6 Å². The van der Waals surface area contributed by atoms with Gasteiger partial charge in [0.1, 0.15) is 0 Å². The molecule has 0 spiro atoms. The zero-order chi connectivity index (χ0) is 27.2. The number of likely N-dealkylation sites (tertiary alicyclic amines) is 1. The highest BCUT2D eigenvalue weighted by Crippen LogP contribution is 2.30. The van der Waals surface area contributed by atoms with Crippen LogP contribution in [0.1, 0.15) is 63.1 Å². The van der Waals surface area contributed by atoms with E-state index < -0.39 is 5.82 Å². The third-order valence-electron chi connectivity index (χ3n) is 7.94. The molecule has 10 heteroatoms. The average molecular weight is 539 g/mol. The van der Waals surface area contributed by atoms with Gasteiger partial charge in [0.2, 0.25) is 11.8 Å². The molecule has 1 fully saturated rings. The van der Waals surface area contributed by atoms with Crippen LogP contribution in [0.25, 0.3) is 16.9 Å². The maximum atomic E-state index is 14.4. The Bertz CT molecular complexity index is 1270. The summed E-state index contributed by atoms with van der Waals surface area (Å²) in [6, 6.07) is 1.41. The Kier molecular flexibility index (Phi) is 8.91. The second-order valence-corrected chi connectivity index (χ2v) is 10.5. The van der Waals surface area contributed by atoms with Crippen LogP contribution in [0.3, 0.4) is 0 Å². The third kappa shape index (κ3) is 6.32. The highest BCUT2D eigenvalue weighted by atomic mass is 19.1. The highest BCUT2D eigenvalue weighted by Gasteiger charge is 2.25. The maximum Gasteiger partial charge on any atom is 0.250 e.